The Labute approximate surface area is 258 Å². The van der Waals surface area contributed by atoms with E-state index in [0.29, 0.717) is 62.7 Å². The molecule has 0 saturated heterocycles. The molecule has 4 amide bonds. The van der Waals surface area contributed by atoms with E-state index in [4.69, 9.17) is 24.7 Å². The lowest BCUT2D eigenvalue weighted by molar-refractivity contribution is -0.125. The smallest absolute Gasteiger partial charge is 0.410 e. The van der Waals surface area contributed by atoms with Crippen LogP contribution in [0.4, 0.5) is 10.5 Å². The summed E-state index contributed by atoms with van der Waals surface area (Å²) < 4.78 is 21.8. The topological polar surface area (TPSA) is 179 Å². The summed E-state index contributed by atoms with van der Waals surface area (Å²) in [7, 11) is 1.47. The van der Waals surface area contributed by atoms with E-state index in [1.165, 1.54) is 16.8 Å². The van der Waals surface area contributed by atoms with Crippen molar-refractivity contribution in [1.29, 1.82) is 0 Å². The Morgan fingerprint density at radius 1 is 1.05 bits per heavy atom. The van der Waals surface area contributed by atoms with E-state index in [0.717, 1.165) is 0 Å². The van der Waals surface area contributed by atoms with Crippen molar-refractivity contribution < 1.29 is 42.9 Å². The number of rotatable bonds is 20. The van der Waals surface area contributed by atoms with Gasteiger partial charge in [0.2, 0.25) is 11.8 Å². The summed E-state index contributed by atoms with van der Waals surface area (Å²) in [4.78, 5) is 65.2. The molecule has 0 spiro atoms. The monoisotopic (exact) mass is 621 g/mol. The van der Waals surface area contributed by atoms with Gasteiger partial charge in [-0.15, -0.1) is 0 Å². The molecule has 1 aromatic carbocycles. The van der Waals surface area contributed by atoms with Gasteiger partial charge in [-0.25, -0.2) is 4.79 Å². The number of hydrogen-bond acceptors (Lipinski definition) is 10. The minimum Gasteiger partial charge on any atom is -0.444 e. The molecule has 0 saturated carbocycles. The average molecular weight is 622 g/mol. The number of carbonyl (C=O) groups is 5. The van der Waals surface area contributed by atoms with Gasteiger partial charge in [0.1, 0.15) is 17.9 Å². The third-order valence-corrected chi connectivity index (χ3v) is 6.53. The largest absolute Gasteiger partial charge is 0.444 e. The summed E-state index contributed by atoms with van der Waals surface area (Å²) >= 11 is 0. The van der Waals surface area contributed by atoms with Crippen molar-refractivity contribution in [3.8, 4) is 0 Å². The van der Waals surface area contributed by atoms with Crippen molar-refractivity contribution in [2.24, 2.45) is 5.73 Å². The van der Waals surface area contributed by atoms with E-state index in [-0.39, 0.29) is 63.2 Å². The lowest BCUT2D eigenvalue weighted by atomic mass is 10.1. The number of fused-ring (bicyclic) bond motifs is 1. The second kappa shape index (κ2) is 18.9. The van der Waals surface area contributed by atoms with Gasteiger partial charge in [0.05, 0.1) is 39.6 Å². The molecule has 4 N–H and O–H groups in total. The van der Waals surface area contributed by atoms with Gasteiger partial charge in [-0.1, -0.05) is 6.07 Å². The Morgan fingerprint density at radius 2 is 1.70 bits per heavy atom. The fourth-order valence-electron chi connectivity index (χ4n) is 4.41. The van der Waals surface area contributed by atoms with Crippen LogP contribution < -0.4 is 16.4 Å². The Kier molecular flexibility index (Phi) is 15.8. The first-order valence-corrected chi connectivity index (χ1v) is 14.8. The quantitative estimate of drug-likeness (QED) is 0.142. The van der Waals surface area contributed by atoms with Crippen LogP contribution in [0, 0.1) is 0 Å². The van der Waals surface area contributed by atoms with Crippen LogP contribution in [0.2, 0.25) is 0 Å². The van der Waals surface area contributed by atoms with E-state index in [2.05, 4.69) is 10.6 Å². The maximum Gasteiger partial charge on any atom is 0.410 e. The minimum absolute atomic E-state index is 0.0350. The van der Waals surface area contributed by atoms with E-state index >= 15 is 0 Å². The van der Waals surface area contributed by atoms with E-state index in [1.54, 1.807) is 39.0 Å². The van der Waals surface area contributed by atoms with Crippen LogP contribution in [0.1, 0.15) is 56.0 Å². The molecule has 0 aromatic heterocycles. The zero-order valence-electron chi connectivity index (χ0n) is 26.2. The summed E-state index contributed by atoms with van der Waals surface area (Å²) in [5.41, 5.74) is 6.04. The highest BCUT2D eigenvalue weighted by atomic mass is 16.6. The SMILES string of the molecule is CNC(=O)C(CCC=O)N1Cc2c(NC(=O)CCN(CCOCCOCCOCCN)C(=O)OC(C)(C)C)cccc2C1=O. The predicted molar refractivity (Wildman–Crippen MR) is 162 cm³/mol. The van der Waals surface area contributed by atoms with Crippen LogP contribution >= 0.6 is 0 Å². The fourth-order valence-corrected chi connectivity index (χ4v) is 4.41. The van der Waals surface area contributed by atoms with Crippen LogP contribution in [-0.4, -0.2) is 118 Å². The number of ether oxygens (including phenoxy) is 4. The first-order valence-electron chi connectivity index (χ1n) is 14.8. The highest BCUT2D eigenvalue weighted by molar-refractivity contribution is 6.04. The molecule has 0 bridgehead atoms. The van der Waals surface area contributed by atoms with E-state index in [9.17, 15) is 24.0 Å². The van der Waals surface area contributed by atoms with Gasteiger partial charge in [-0.2, -0.15) is 0 Å². The van der Waals surface area contributed by atoms with E-state index < -0.39 is 17.7 Å². The molecule has 1 aliphatic rings. The standard InChI is InChI=1S/C30H47N5O9/c1-30(2,3)44-29(40)34(13-16-42-18-20-43-19-17-41-15-11-31)12-10-26(37)33-24-8-5-7-22-23(24)21-35(28(22)39)25(9-6-14-36)27(38)32-4/h5,7-8,14,25H,6,9-13,15-21,31H2,1-4H3,(H,32,38)(H,33,37). The van der Waals surface area contributed by atoms with Crippen LogP contribution in [-0.2, 0) is 39.9 Å². The molecule has 0 aliphatic carbocycles. The number of anilines is 1. The molecule has 2 rings (SSSR count). The Bertz CT molecular complexity index is 1110. The molecule has 0 fully saturated rings. The lowest BCUT2D eigenvalue weighted by Gasteiger charge is -2.27. The molecular formula is C30H47N5O9. The summed E-state index contributed by atoms with van der Waals surface area (Å²) in [5.74, 6) is -1.09. The molecular weight excluding hydrogens is 574 g/mol. The normalized spacial score (nSPS) is 13.3. The zero-order chi connectivity index (χ0) is 32.5. The van der Waals surface area contributed by atoms with Crippen molar-refractivity contribution in [3.05, 3.63) is 29.3 Å². The number of nitrogens with two attached hydrogens (primary N) is 1. The van der Waals surface area contributed by atoms with Gasteiger partial charge < -0.3 is 49.9 Å². The van der Waals surface area contributed by atoms with Crippen LogP contribution in [0.15, 0.2) is 18.2 Å². The lowest BCUT2D eigenvalue weighted by Crippen LogP contribution is -2.46. The maximum atomic E-state index is 13.2. The number of benzene rings is 1. The van der Waals surface area contributed by atoms with Gasteiger partial charge in [-0.05, 0) is 39.3 Å². The summed E-state index contributed by atoms with van der Waals surface area (Å²) in [6, 6.07) is 4.15. The molecule has 1 atom stereocenters. The van der Waals surface area contributed by atoms with Gasteiger partial charge in [0, 0.05) is 62.9 Å². The van der Waals surface area contributed by atoms with Crippen molar-refractivity contribution in [1.82, 2.24) is 15.1 Å². The molecule has 1 heterocycles. The highest BCUT2D eigenvalue weighted by Gasteiger charge is 2.37. The molecule has 1 unspecified atom stereocenters. The highest BCUT2D eigenvalue weighted by Crippen LogP contribution is 2.31. The van der Waals surface area contributed by atoms with Crippen molar-refractivity contribution in [3.63, 3.8) is 0 Å². The third-order valence-electron chi connectivity index (χ3n) is 6.53. The van der Waals surface area contributed by atoms with E-state index in [1.807, 2.05) is 0 Å². The van der Waals surface area contributed by atoms with Gasteiger partial charge in [0.15, 0.2) is 0 Å². The van der Waals surface area contributed by atoms with Crippen molar-refractivity contribution >= 4 is 35.8 Å². The summed E-state index contributed by atoms with van der Waals surface area (Å²) in [6.45, 7) is 8.37. The van der Waals surface area contributed by atoms with Crippen LogP contribution in [0.3, 0.4) is 0 Å². The molecule has 1 aromatic rings. The van der Waals surface area contributed by atoms with Gasteiger partial charge >= 0.3 is 6.09 Å². The Morgan fingerprint density at radius 3 is 2.32 bits per heavy atom. The van der Waals surface area contributed by atoms with Crippen molar-refractivity contribution in [2.75, 3.05) is 71.6 Å². The number of carbonyl (C=O) groups excluding carboxylic acids is 5. The molecule has 1 aliphatic heterocycles. The second-order valence-electron chi connectivity index (χ2n) is 11.0. The Balaban J connectivity index is 1.96. The predicted octanol–water partition coefficient (Wildman–Crippen LogP) is 1.31. The van der Waals surface area contributed by atoms with Gasteiger partial charge in [0.25, 0.3) is 5.91 Å². The van der Waals surface area contributed by atoms with Crippen molar-refractivity contribution in [2.45, 2.75) is 58.2 Å². The number of nitrogens with zero attached hydrogens (tertiary/aromatic N) is 2. The number of aldehydes is 1. The third kappa shape index (κ3) is 12.2. The number of amides is 4. The number of likely N-dealkylation sites (N-methyl/N-ethyl adjacent to an activating group) is 1. The van der Waals surface area contributed by atoms with Crippen LogP contribution in [0.25, 0.3) is 0 Å². The van der Waals surface area contributed by atoms with Crippen LogP contribution in [0.5, 0.6) is 0 Å². The molecule has 0 radical (unpaired) electrons. The van der Waals surface area contributed by atoms with Gasteiger partial charge in [-0.3, -0.25) is 14.4 Å². The first kappa shape index (κ1) is 36.6. The number of nitrogens with one attached hydrogen (secondary N) is 2. The zero-order valence-corrected chi connectivity index (χ0v) is 26.2. The number of hydrogen-bond donors (Lipinski definition) is 3. The molecule has 246 valence electrons. The molecule has 44 heavy (non-hydrogen) atoms. The maximum absolute atomic E-state index is 13.2. The summed E-state index contributed by atoms with van der Waals surface area (Å²) in [6.07, 6.45) is 0.414. The summed E-state index contributed by atoms with van der Waals surface area (Å²) in [5, 5.41) is 5.39. The average Bonchev–Trinajstić information content (AvgIpc) is 3.31. The Hall–Kier alpha value is -3.59. The molecule has 14 nitrogen and oxygen atoms in total. The minimum atomic E-state index is -0.819. The molecule has 14 heteroatoms. The second-order valence-corrected chi connectivity index (χ2v) is 11.0. The fraction of sp³-hybridized carbons (Fsp3) is 0.633. The first-order chi connectivity index (χ1) is 21.0.